The number of amides is 1. The monoisotopic (exact) mass is 543 g/mol. The number of hydrogen-bond acceptors (Lipinski definition) is 8. The summed E-state index contributed by atoms with van der Waals surface area (Å²) in [6.45, 7) is 5.53. The number of carbonyl (C=O) groups is 2. The van der Waals surface area contributed by atoms with E-state index in [0.29, 0.717) is 29.8 Å². The Bertz CT molecular complexity index is 1030. The van der Waals surface area contributed by atoms with Gasteiger partial charge in [0.1, 0.15) is 5.41 Å². The third kappa shape index (κ3) is 6.44. The van der Waals surface area contributed by atoms with Gasteiger partial charge >= 0.3 is 5.97 Å². The smallest absolute Gasteiger partial charge is 0.318 e. The molecule has 2 aromatic rings. The lowest BCUT2D eigenvalue weighted by atomic mass is 10.0. The van der Waals surface area contributed by atoms with Gasteiger partial charge in [-0.2, -0.15) is 0 Å². The number of morpholine rings is 1. The summed E-state index contributed by atoms with van der Waals surface area (Å²) in [7, 11) is 0. The van der Waals surface area contributed by atoms with Crippen LogP contribution in [0.3, 0.4) is 0 Å². The number of carbonyl (C=O) groups excluding carboxylic acids is 2. The van der Waals surface area contributed by atoms with E-state index in [9.17, 15) is 9.59 Å². The van der Waals surface area contributed by atoms with E-state index in [1.165, 1.54) is 23.1 Å². The van der Waals surface area contributed by atoms with Crippen molar-refractivity contribution in [2.75, 3.05) is 38.6 Å². The van der Waals surface area contributed by atoms with Gasteiger partial charge in [-0.3, -0.25) is 14.5 Å². The first-order chi connectivity index (χ1) is 16.4. The topological polar surface area (TPSA) is 80.8 Å². The number of hydrogen-bond donors (Lipinski definition) is 1. The molecule has 1 aromatic heterocycles. The van der Waals surface area contributed by atoms with Gasteiger partial charge in [0, 0.05) is 31.6 Å². The van der Waals surface area contributed by atoms with E-state index >= 15 is 0 Å². The van der Waals surface area contributed by atoms with Crippen LogP contribution in [-0.2, 0) is 31.0 Å². The number of thioether (sulfide) groups is 1. The van der Waals surface area contributed by atoms with E-state index in [2.05, 4.69) is 15.2 Å². The van der Waals surface area contributed by atoms with E-state index in [0.717, 1.165) is 48.1 Å². The summed E-state index contributed by atoms with van der Waals surface area (Å²) in [5, 5.41) is 5.96. The van der Waals surface area contributed by atoms with Gasteiger partial charge in [-0.25, -0.2) is 4.98 Å². The van der Waals surface area contributed by atoms with Crippen molar-refractivity contribution in [3.05, 3.63) is 44.9 Å². The second-order valence-corrected chi connectivity index (χ2v) is 11.3. The maximum atomic E-state index is 12.4. The van der Waals surface area contributed by atoms with Crippen molar-refractivity contribution < 1.29 is 19.1 Å². The first-order valence-corrected chi connectivity index (χ1v) is 13.8. The molecule has 1 aliphatic carbocycles. The molecule has 34 heavy (non-hydrogen) atoms. The minimum Gasteiger partial charge on any atom is -0.465 e. The molecule has 1 aromatic carbocycles. The van der Waals surface area contributed by atoms with Gasteiger partial charge in [-0.05, 0) is 37.5 Å². The fraction of sp³-hybridized carbons (Fsp3) is 0.522. The third-order valence-corrected chi connectivity index (χ3v) is 8.62. The third-order valence-electron chi connectivity index (χ3n) is 5.86. The van der Waals surface area contributed by atoms with Crippen molar-refractivity contribution in [2.45, 2.75) is 42.2 Å². The highest BCUT2D eigenvalue weighted by molar-refractivity contribution is 8.01. The summed E-state index contributed by atoms with van der Waals surface area (Å²) in [6, 6.07) is 5.66. The van der Waals surface area contributed by atoms with E-state index in [4.69, 9.17) is 32.7 Å². The van der Waals surface area contributed by atoms with E-state index in [1.807, 2.05) is 23.6 Å². The lowest BCUT2D eigenvalue weighted by molar-refractivity contribution is -0.146. The number of nitrogens with one attached hydrogen (secondary N) is 1. The second kappa shape index (κ2) is 11.6. The van der Waals surface area contributed by atoms with Crippen LogP contribution in [0.5, 0.6) is 0 Å². The molecule has 2 fully saturated rings. The normalized spacial score (nSPS) is 19.6. The van der Waals surface area contributed by atoms with E-state index < -0.39 is 5.41 Å². The van der Waals surface area contributed by atoms with Crippen molar-refractivity contribution in [3.8, 4) is 0 Å². The van der Waals surface area contributed by atoms with Crippen LogP contribution in [0.2, 0.25) is 10.0 Å². The number of esters is 1. The maximum Gasteiger partial charge on any atom is 0.318 e. The molecule has 2 aliphatic rings. The summed E-state index contributed by atoms with van der Waals surface area (Å²) in [5.74, 6) is -0.00670. The fourth-order valence-electron chi connectivity index (χ4n) is 3.85. The molecule has 1 amide bonds. The highest BCUT2D eigenvalue weighted by Gasteiger charge is 2.54. The van der Waals surface area contributed by atoms with E-state index in [1.54, 1.807) is 6.92 Å². The Morgan fingerprint density at radius 1 is 1.35 bits per heavy atom. The Hall–Kier alpha value is -1.36. The largest absolute Gasteiger partial charge is 0.465 e. The maximum absolute atomic E-state index is 12.4. The van der Waals surface area contributed by atoms with Crippen molar-refractivity contribution >= 4 is 58.2 Å². The highest BCUT2D eigenvalue weighted by atomic mass is 35.5. The second-order valence-electron chi connectivity index (χ2n) is 8.37. The molecule has 11 heteroatoms. The SMILES string of the molecule is CCOC(=O)C1(c2csc(SCC(=O)NC[C@H]3CN(Cc4ccc(Cl)c(Cl)c4)CCO3)n2)CC1. The molecule has 0 spiro atoms. The number of halogens is 2. The quantitative estimate of drug-likeness (QED) is 0.356. The molecule has 0 radical (unpaired) electrons. The van der Waals surface area contributed by atoms with Crippen LogP contribution in [0, 0.1) is 0 Å². The lowest BCUT2D eigenvalue weighted by Gasteiger charge is -2.33. The van der Waals surface area contributed by atoms with Crippen LogP contribution in [-0.4, -0.2) is 66.5 Å². The Kier molecular flexibility index (Phi) is 8.76. The fourth-order valence-corrected chi connectivity index (χ4v) is 5.93. The van der Waals surface area contributed by atoms with Gasteiger partial charge in [-0.15, -0.1) is 11.3 Å². The molecule has 184 valence electrons. The predicted octanol–water partition coefficient (Wildman–Crippen LogP) is 4.15. The number of aromatic nitrogens is 1. The Labute approximate surface area is 217 Å². The average molecular weight is 545 g/mol. The number of ether oxygens (including phenoxy) is 2. The van der Waals surface area contributed by atoms with E-state index in [-0.39, 0.29) is 23.7 Å². The Morgan fingerprint density at radius 2 is 2.18 bits per heavy atom. The zero-order chi connectivity index (χ0) is 24.1. The number of thiazole rings is 1. The molecule has 1 atom stereocenters. The first kappa shape index (κ1) is 25.7. The Balaban J connectivity index is 1.20. The molecule has 0 bridgehead atoms. The summed E-state index contributed by atoms with van der Waals surface area (Å²) < 4.78 is 11.8. The number of rotatable bonds is 10. The van der Waals surface area contributed by atoms with Gasteiger partial charge in [0.25, 0.3) is 0 Å². The summed E-state index contributed by atoms with van der Waals surface area (Å²) in [5.41, 5.74) is 1.28. The molecular formula is C23H27Cl2N3O4S2. The summed E-state index contributed by atoms with van der Waals surface area (Å²) in [4.78, 5) is 31.5. The predicted molar refractivity (Wildman–Crippen MR) is 135 cm³/mol. The molecule has 1 aliphatic heterocycles. The molecule has 2 heterocycles. The average Bonchev–Trinajstić information content (AvgIpc) is 3.50. The summed E-state index contributed by atoms with van der Waals surface area (Å²) in [6.07, 6.45) is 1.46. The van der Waals surface area contributed by atoms with Gasteiger partial charge in [0.05, 0.1) is 40.8 Å². The van der Waals surface area contributed by atoms with Gasteiger partial charge in [-0.1, -0.05) is 41.0 Å². The molecular weight excluding hydrogens is 517 g/mol. The minimum atomic E-state index is -0.574. The standard InChI is InChI=1S/C23H27Cl2N3O4S2/c1-2-31-21(30)23(5-6-23)19-13-33-22(27-19)34-14-20(29)26-10-16-12-28(7-8-32-16)11-15-3-4-17(24)18(25)9-15/h3-4,9,13,16H,2,5-8,10-12,14H2,1H3,(H,26,29)/t16-/m0/s1. The molecule has 4 rings (SSSR count). The number of benzene rings is 1. The lowest BCUT2D eigenvalue weighted by Crippen LogP contribution is -2.47. The van der Waals surface area contributed by atoms with Gasteiger partial charge in [0.2, 0.25) is 5.91 Å². The summed E-state index contributed by atoms with van der Waals surface area (Å²) >= 11 is 15.0. The minimum absolute atomic E-state index is 0.0708. The zero-order valence-corrected chi connectivity index (χ0v) is 22.0. The van der Waals surface area contributed by atoms with Gasteiger partial charge in [0.15, 0.2) is 4.34 Å². The van der Waals surface area contributed by atoms with Crippen LogP contribution in [0.4, 0.5) is 0 Å². The van der Waals surface area contributed by atoms with Crippen LogP contribution < -0.4 is 5.32 Å². The van der Waals surface area contributed by atoms with Crippen LogP contribution in [0.1, 0.15) is 31.0 Å². The number of nitrogens with zero attached hydrogens (tertiary/aromatic N) is 2. The van der Waals surface area contributed by atoms with Crippen molar-refractivity contribution in [3.63, 3.8) is 0 Å². The van der Waals surface area contributed by atoms with Crippen molar-refractivity contribution in [2.24, 2.45) is 0 Å². The van der Waals surface area contributed by atoms with Gasteiger partial charge < -0.3 is 14.8 Å². The van der Waals surface area contributed by atoms with Crippen LogP contribution >= 0.6 is 46.3 Å². The zero-order valence-electron chi connectivity index (χ0n) is 18.9. The molecule has 1 saturated carbocycles. The van der Waals surface area contributed by atoms with Crippen molar-refractivity contribution in [1.82, 2.24) is 15.2 Å². The molecule has 1 N–H and O–H groups in total. The first-order valence-electron chi connectivity index (χ1n) is 11.2. The van der Waals surface area contributed by atoms with Crippen LogP contribution in [0.25, 0.3) is 0 Å². The Morgan fingerprint density at radius 3 is 2.91 bits per heavy atom. The molecule has 7 nitrogen and oxygen atoms in total. The van der Waals surface area contributed by atoms with Crippen molar-refractivity contribution in [1.29, 1.82) is 0 Å². The molecule has 1 saturated heterocycles. The van der Waals surface area contributed by atoms with Crippen LogP contribution in [0.15, 0.2) is 27.9 Å². The molecule has 0 unspecified atom stereocenters. The highest BCUT2D eigenvalue weighted by Crippen LogP contribution is 2.49.